The molecule has 0 saturated heterocycles. The molecule has 82 valence electrons. The highest BCUT2D eigenvalue weighted by Crippen LogP contribution is 2.28. The van der Waals surface area contributed by atoms with E-state index < -0.39 is 16.4 Å². The Kier molecular flexibility index (Phi) is 3.83. The van der Waals surface area contributed by atoms with Crippen molar-refractivity contribution in [1.29, 1.82) is 0 Å². The molecule has 1 aromatic rings. The minimum atomic E-state index is -1.48. The van der Waals surface area contributed by atoms with Gasteiger partial charge in [0.05, 0.1) is 0 Å². The maximum atomic E-state index is 10.9. The first kappa shape index (κ1) is 12.1. The summed E-state index contributed by atoms with van der Waals surface area (Å²) in [6.07, 6.45) is -1.30. The molecule has 1 aromatic carbocycles. The van der Waals surface area contributed by atoms with E-state index in [1.807, 2.05) is 0 Å². The highest BCUT2D eigenvalue weighted by Gasteiger charge is 2.38. The van der Waals surface area contributed by atoms with Crippen LogP contribution in [0.5, 0.6) is 5.75 Å². The first-order valence-corrected chi connectivity index (χ1v) is 4.99. The lowest BCUT2D eigenvalue weighted by molar-refractivity contribution is -0.145. The van der Waals surface area contributed by atoms with Gasteiger partial charge in [0.2, 0.25) is 6.10 Å². The molecule has 15 heavy (non-hydrogen) atoms. The molecule has 0 radical (unpaired) electrons. The van der Waals surface area contributed by atoms with Gasteiger partial charge in [0.15, 0.2) is 4.33 Å². The second-order valence-corrected chi connectivity index (χ2v) is 4.87. The van der Waals surface area contributed by atoms with Crippen molar-refractivity contribution in [3.8, 4) is 5.75 Å². The minimum Gasteiger partial charge on any atom is -0.478 e. The van der Waals surface area contributed by atoms with Gasteiger partial charge in [-0.2, -0.15) is 0 Å². The molecule has 0 aliphatic heterocycles. The van der Waals surface area contributed by atoms with Crippen molar-refractivity contribution in [1.82, 2.24) is 0 Å². The number of hydrogen-bond acceptors (Lipinski definition) is 2. The third-order valence-electron chi connectivity index (χ3n) is 1.68. The average Bonchev–Trinajstić information content (AvgIpc) is 2.13. The van der Waals surface area contributed by atoms with Crippen LogP contribution >= 0.6 is 23.2 Å². The van der Waals surface area contributed by atoms with Gasteiger partial charge in [-0.25, -0.2) is 4.79 Å². The first-order valence-electron chi connectivity index (χ1n) is 4.23. The van der Waals surface area contributed by atoms with E-state index in [4.69, 9.17) is 33.0 Å². The molecule has 1 atom stereocenters. The molecule has 0 spiro atoms. The minimum absolute atomic E-state index is 0.414. The van der Waals surface area contributed by atoms with Crippen LogP contribution in [0.25, 0.3) is 0 Å². The van der Waals surface area contributed by atoms with Gasteiger partial charge < -0.3 is 9.84 Å². The van der Waals surface area contributed by atoms with Crippen LogP contribution in [0, 0.1) is 0 Å². The molecule has 0 amide bonds. The third kappa shape index (κ3) is 3.61. The molecule has 0 fully saturated rings. The molecular weight excluding hydrogens is 239 g/mol. The van der Waals surface area contributed by atoms with E-state index >= 15 is 0 Å². The summed E-state index contributed by atoms with van der Waals surface area (Å²) in [5.41, 5.74) is 0. The van der Waals surface area contributed by atoms with E-state index in [1.165, 1.54) is 6.92 Å². The SMILES string of the molecule is CC(Cl)(Cl)C(Oc1ccccc1)C(=O)O. The fraction of sp³-hybridized carbons (Fsp3) is 0.300. The summed E-state index contributed by atoms with van der Waals surface area (Å²) in [4.78, 5) is 10.9. The number of carboxylic acid groups (broad SMARTS) is 1. The van der Waals surface area contributed by atoms with E-state index in [1.54, 1.807) is 30.3 Å². The van der Waals surface area contributed by atoms with Gasteiger partial charge >= 0.3 is 5.97 Å². The van der Waals surface area contributed by atoms with Gasteiger partial charge in [0, 0.05) is 0 Å². The zero-order valence-corrected chi connectivity index (χ0v) is 9.50. The summed E-state index contributed by atoms with van der Waals surface area (Å²) in [6.45, 7) is 1.37. The molecule has 3 nitrogen and oxygen atoms in total. The van der Waals surface area contributed by atoms with Crippen LogP contribution in [0.1, 0.15) is 6.92 Å². The number of rotatable bonds is 4. The third-order valence-corrected chi connectivity index (χ3v) is 2.08. The number of hydrogen-bond donors (Lipinski definition) is 1. The summed E-state index contributed by atoms with van der Waals surface area (Å²) < 4.78 is 3.69. The first-order chi connectivity index (χ1) is 6.91. The number of para-hydroxylation sites is 1. The van der Waals surface area contributed by atoms with Gasteiger partial charge in [-0.05, 0) is 19.1 Å². The highest BCUT2D eigenvalue weighted by atomic mass is 35.5. The van der Waals surface area contributed by atoms with E-state index in [0.29, 0.717) is 5.75 Å². The number of benzene rings is 1. The number of aliphatic carboxylic acids is 1. The zero-order chi connectivity index (χ0) is 11.5. The predicted molar refractivity (Wildman–Crippen MR) is 58.6 cm³/mol. The Morgan fingerprint density at radius 2 is 1.93 bits per heavy atom. The number of halogens is 2. The Bertz CT molecular complexity index is 332. The zero-order valence-electron chi connectivity index (χ0n) is 7.98. The Morgan fingerprint density at radius 1 is 1.40 bits per heavy atom. The summed E-state index contributed by atoms with van der Waals surface area (Å²) in [5.74, 6) is -0.788. The smallest absolute Gasteiger partial charge is 0.348 e. The Labute approximate surface area is 97.6 Å². The fourth-order valence-corrected chi connectivity index (χ4v) is 1.28. The van der Waals surface area contributed by atoms with Crippen molar-refractivity contribution in [3.63, 3.8) is 0 Å². The van der Waals surface area contributed by atoms with E-state index in [9.17, 15) is 4.79 Å². The summed E-state index contributed by atoms with van der Waals surface area (Å²) >= 11 is 11.4. The van der Waals surface area contributed by atoms with Crippen LogP contribution in [0.3, 0.4) is 0 Å². The molecule has 1 rings (SSSR count). The van der Waals surface area contributed by atoms with Crippen LogP contribution < -0.4 is 4.74 Å². The van der Waals surface area contributed by atoms with E-state index in [0.717, 1.165) is 0 Å². The average molecular weight is 249 g/mol. The number of carboxylic acids is 1. The fourth-order valence-electron chi connectivity index (χ4n) is 1.01. The summed E-state index contributed by atoms with van der Waals surface area (Å²) in [7, 11) is 0. The monoisotopic (exact) mass is 248 g/mol. The van der Waals surface area contributed by atoms with Crippen LogP contribution in [0.15, 0.2) is 30.3 Å². The summed E-state index contributed by atoms with van der Waals surface area (Å²) in [6, 6.07) is 8.52. The van der Waals surface area contributed by atoms with Gasteiger partial charge in [0.1, 0.15) is 5.75 Å². The van der Waals surface area contributed by atoms with Crippen LogP contribution in [-0.2, 0) is 4.79 Å². The van der Waals surface area contributed by atoms with Gasteiger partial charge in [-0.3, -0.25) is 0 Å². The second-order valence-electron chi connectivity index (χ2n) is 3.11. The van der Waals surface area contributed by atoms with E-state index in [-0.39, 0.29) is 0 Å². The maximum absolute atomic E-state index is 10.9. The van der Waals surface area contributed by atoms with Crippen LogP contribution in [0.2, 0.25) is 0 Å². The van der Waals surface area contributed by atoms with Crippen molar-refractivity contribution in [2.24, 2.45) is 0 Å². The maximum Gasteiger partial charge on any atom is 0.348 e. The normalized spacial score (nSPS) is 13.3. The number of ether oxygens (including phenoxy) is 1. The van der Waals surface area contributed by atoms with E-state index in [2.05, 4.69) is 0 Å². The highest BCUT2D eigenvalue weighted by molar-refractivity contribution is 6.49. The topological polar surface area (TPSA) is 46.5 Å². The molecule has 0 heterocycles. The molecule has 0 bridgehead atoms. The number of alkyl halides is 2. The van der Waals surface area contributed by atoms with Crippen molar-refractivity contribution in [3.05, 3.63) is 30.3 Å². The molecule has 0 saturated carbocycles. The number of carbonyl (C=O) groups is 1. The Balaban J connectivity index is 2.82. The van der Waals surface area contributed by atoms with Gasteiger partial charge in [-0.1, -0.05) is 41.4 Å². The van der Waals surface area contributed by atoms with Crippen molar-refractivity contribution >= 4 is 29.2 Å². The second kappa shape index (κ2) is 4.73. The largest absolute Gasteiger partial charge is 0.478 e. The Morgan fingerprint density at radius 3 is 2.33 bits per heavy atom. The standard InChI is InChI=1S/C10H10Cl2O3/c1-10(11,12)8(9(13)14)15-7-5-3-2-4-6-7/h2-6,8H,1H3,(H,13,14). The van der Waals surface area contributed by atoms with Crippen LogP contribution in [-0.4, -0.2) is 21.5 Å². The van der Waals surface area contributed by atoms with Crippen molar-refractivity contribution in [2.45, 2.75) is 17.4 Å². The lowest BCUT2D eigenvalue weighted by Crippen LogP contribution is -2.40. The summed E-state index contributed by atoms with van der Waals surface area (Å²) in [5, 5.41) is 8.88. The van der Waals surface area contributed by atoms with Crippen molar-refractivity contribution in [2.75, 3.05) is 0 Å². The lowest BCUT2D eigenvalue weighted by Gasteiger charge is -2.23. The van der Waals surface area contributed by atoms with Crippen LogP contribution in [0.4, 0.5) is 0 Å². The lowest BCUT2D eigenvalue weighted by atomic mass is 10.2. The molecule has 5 heteroatoms. The molecule has 0 aromatic heterocycles. The molecular formula is C10H10Cl2O3. The Hall–Kier alpha value is -0.930. The predicted octanol–water partition coefficient (Wildman–Crippen LogP) is 2.71. The van der Waals surface area contributed by atoms with Gasteiger partial charge in [-0.15, -0.1) is 0 Å². The molecule has 1 unspecified atom stereocenters. The molecule has 0 aliphatic rings. The quantitative estimate of drug-likeness (QED) is 0.834. The van der Waals surface area contributed by atoms with Crippen molar-refractivity contribution < 1.29 is 14.6 Å². The molecule has 1 N–H and O–H groups in total. The molecule has 0 aliphatic carbocycles. The van der Waals surface area contributed by atoms with Gasteiger partial charge in [0.25, 0.3) is 0 Å².